The van der Waals surface area contributed by atoms with E-state index < -0.39 is 0 Å². The van der Waals surface area contributed by atoms with Crippen molar-refractivity contribution in [1.29, 1.82) is 0 Å². The molecule has 88 valence electrons. The van der Waals surface area contributed by atoms with E-state index in [-0.39, 0.29) is 0 Å². The van der Waals surface area contributed by atoms with Gasteiger partial charge in [-0.3, -0.25) is 0 Å². The third-order valence-corrected chi connectivity index (χ3v) is 3.97. The van der Waals surface area contributed by atoms with Crippen LogP contribution in [0.2, 0.25) is 0 Å². The second-order valence-corrected chi connectivity index (χ2v) is 5.80. The highest BCUT2D eigenvalue weighted by Crippen LogP contribution is 2.38. The molecular formula is C13H19BrN2. The van der Waals surface area contributed by atoms with Crippen molar-refractivity contribution in [2.45, 2.75) is 26.8 Å². The number of nitrogens with one attached hydrogen (secondary N) is 1. The van der Waals surface area contributed by atoms with E-state index in [9.17, 15) is 0 Å². The third-order valence-electron chi connectivity index (χ3n) is 3.35. The molecule has 2 nitrogen and oxygen atoms in total. The SMILES string of the molecule is Cc1cc(Br)c2c(c1)N(C)C(C(C)C)CN2. The molecule has 0 amide bonds. The van der Waals surface area contributed by atoms with E-state index in [2.05, 4.69) is 66.1 Å². The van der Waals surface area contributed by atoms with Gasteiger partial charge in [-0.05, 0) is 46.5 Å². The van der Waals surface area contributed by atoms with Gasteiger partial charge < -0.3 is 10.2 Å². The highest BCUT2D eigenvalue weighted by Gasteiger charge is 2.26. The molecule has 1 aliphatic heterocycles. The Hall–Kier alpha value is -0.700. The molecule has 0 saturated carbocycles. The minimum Gasteiger partial charge on any atom is -0.380 e. The van der Waals surface area contributed by atoms with E-state index in [1.807, 2.05) is 0 Å². The van der Waals surface area contributed by atoms with Crippen LogP contribution in [-0.4, -0.2) is 19.6 Å². The first kappa shape index (κ1) is 11.8. The Morgan fingerprint density at radius 1 is 1.44 bits per heavy atom. The van der Waals surface area contributed by atoms with E-state index in [4.69, 9.17) is 0 Å². The summed E-state index contributed by atoms with van der Waals surface area (Å²) in [6.07, 6.45) is 0. The normalized spacial score (nSPS) is 19.6. The van der Waals surface area contributed by atoms with Gasteiger partial charge in [-0.25, -0.2) is 0 Å². The van der Waals surface area contributed by atoms with Gasteiger partial charge in [-0.15, -0.1) is 0 Å². The topological polar surface area (TPSA) is 15.3 Å². The van der Waals surface area contributed by atoms with Gasteiger partial charge in [0.2, 0.25) is 0 Å². The van der Waals surface area contributed by atoms with Gasteiger partial charge in [0.25, 0.3) is 0 Å². The smallest absolute Gasteiger partial charge is 0.0723 e. The molecule has 0 saturated heterocycles. The Labute approximate surface area is 106 Å². The number of hydrogen-bond donors (Lipinski definition) is 1. The van der Waals surface area contributed by atoms with Crippen molar-refractivity contribution in [3.8, 4) is 0 Å². The summed E-state index contributed by atoms with van der Waals surface area (Å²) in [4.78, 5) is 2.40. The van der Waals surface area contributed by atoms with Crippen LogP contribution in [0.25, 0.3) is 0 Å². The molecule has 0 spiro atoms. The first-order chi connectivity index (χ1) is 7.50. The zero-order valence-corrected chi connectivity index (χ0v) is 11.9. The minimum absolute atomic E-state index is 0.571. The van der Waals surface area contributed by atoms with Crippen molar-refractivity contribution >= 4 is 27.3 Å². The van der Waals surface area contributed by atoms with Crippen LogP contribution in [0.4, 0.5) is 11.4 Å². The van der Waals surface area contributed by atoms with Crippen molar-refractivity contribution in [1.82, 2.24) is 0 Å². The Balaban J connectivity index is 2.44. The molecule has 1 atom stereocenters. The molecule has 0 aliphatic carbocycles. The molecule has 0 radical (unpaired) electrons. The van der Waals surface area contributed by atoms with E-state index in [0.717, 1.165) is 11.0 Å². The van der Waals surface area contributed by atoms with Crippen molar-refractivity contribution in [3.63, 3.8) is 0 Å². The minimum atomic E-state index is 0.571. The Morgan fingerprint density at radius 2 is 2.12 bits per heavy atom. The maximum atomic E-state index is 3.63. The summed E-state index contributed by atoms with van der Waals surface area (Å²) in [7, 11) is 2.19. The van der Waals surface area contributed by atoms with Gasteiger partial charge in [0, 0.05) is 24.1 Å². The first-order valence-corrected chi connectivity index (χ1v) is 6.57. The summed E-state index contributed by atoms with van der Waals surface area (Å²) in [5, 5.41) is 3.53. The molecule has 3 heteroatoms. The monoisotopic (exact) mass is 282 g/mol. The van der Waals surface area contributed by atoms with Gasteiger partial charge in [-0.2, -0.15) is 0 Å². The van der Waals surface area contributed by atoms with E-state index in [1.165, 1.54) is 16.9 Å². The fourth-order valence-electron chi connectivity index (χ4n) is 2.38. The van der Waals surface area contributed by atoms with Crippen molar-refractivity contribution in [3.05, 3.63) is 22.2 Å². The molecule has 1 heterocycles. The quantitative estimate of drug-likeness (QED) is 0.846. The number of rotatable bonds is 1. The summed E-state index contributed by atoms with van der Waals surface area (Å²) in [5.74, 6) is 0.657. The fraction of sp³-hybridized carbons (Fsp3) is 0.538. The molecule has 0 bridgehead atoms. The maximum Gasteiger partial charge on any atom is 0.0723 e. The van der Waals surface area contributed by atoms with E-state index in [1.54, 1.807) is 0 Å². The van der Waals surface area contributed by atoms with Gasteiger partial charge in [0.15, 0.2) is 0 Å². The second kappa shape index (κ2) is 4.28. The molecule has 1 aliphatic rings. The standard InChI is InChI=1S/C13H19BrN2/c1-8(2)12-7-15-13-10(14)5-9(3)6-11(13)16(12)4/h5-6,8,12,15H,7H2,1-4H3. The molecule has 2 rings (SSSR count). The predicted molar refractivity (Wildman–Crippen MR) is 74.4 cm³/mol. The summed E-state index contributed by atoms with van der Waals surface area (Å²) in [6, 6.07) is 4.98. The van der Waals surface area contributed by atoms with Crippen LogP contribution < -0.4 is 10.2 Å². The van der Waals surface area contributed by atoms with Crippen LogP contribution in [0.3, 0.4) is 0 Å². The highest BCUT2D eigenvalue weighted by molar-refractivity contribution is 9.10. The lowest BCUT2D eigenvalue weighted by Gasteiger charge is -2.39. The van der Waals surface area contributed by atoms with Crippen LogP contribution in [0.15, 0.2) is 16.6 Å². The number of likely N-dealkylation sites (N-methyl/N-ethyl adjacent to an activating group) is 1. The van der Waals surface area contributed by atoms with Crippen molar-refractivity contribution < 1.29 is 0 Å². The lowest BCUT2D eigenvalue weighted by molar-refractivity contribution is 0.482. The van der Waals surface area contributed by atoms with Crippen LogP contribution in [0.5, 0.6) is 0 Å². The fourth-order valence-corrected chi connectivity index (χ4v) is 3.09. The highest BCUT2D eigenvalue weighted by atomic mass is 79.9. The molecule has 0 fully saturated rings. The number of hydrogen-bond acceptors (Lipinski definition) is 2. The number of halogens is 1. The average Bonchev–Trinajstić information content (AvgIpc) is 2.19. The van der Waals surface area contributed by atoms with Gasteiger partial charge >= 0.3 is 0 Å². The molecule has 1 aromatic carbocycles. The molecule has 16 heavy (non-hydrogen) atoms. The Morgan fingerprint density at radius 3 is 2.75 bits per heavy atom. The number of fused-ring (bicyclic) bond motifs is 1. The van der Waals surface area contributed by atoms with Gasteiger partial charge in [0.05, 0.1) is 11.4 Å². The first-order valence-electron chi connectivity index (χ1n) is 5.77. The molecular weight excluding hydrogens is 264 g/mol. The van der Waals surface area contributed by atoms with Crippen molar-refractivity contribution in [2.24, 2.45) is 5.92 Å². The molecule has 0 aromatic heterocycles. The van der Waals surface area contributed by atoms with Gasteiger partial charge in [0.1, 0.15) is 0 Å². The second-order valence-electron chi connectivity index (χ2n) is 4.94. The lowest BCUT2D eigenvalue weighted by atomic mass is 9.99. The van der Waals surface area contributed by atoms with Crippen LogP contribution >= 0.6 is 15.9 Å². The Bertz CT molecular complexity index is 401. The van der Waals surface area contributed by atoms with Crippen LogP contribution in [0, 0.1) is 12.8 Å². The number of nitrogens with zero attached hydrogens (tertiary/aromatic N) is 1. The number of aryl methyl sites for hydroxylation is 1. The van der Waals surface area contributed by atoms with E-state index in [0.29, 0.717) is 12.0 Å². The zero-order valence-electron chi connectivity index (χ0n) is 10.3. The van der Waals surface area contributed by atoms with E-state index >= 15 is 0 Å². The number of anilines is 2. The maximum absolute atomic E-state index is 3.63. The molecule has 1 unspecified atom stereocenters. The van der Waals surface area contributed by atoms with Crippen molar-refractivity contribution in [2.75, 3.05) is 23.8 Å². The molecule has 1 N–H and O–H groups in total. The zero-order chi connectivity index (χ0) is 11.9. The lowest BCUT2D eigenvalue weighted by Crippen LogP contribution is -2.45. The summed E-state index contributed by atoms with van der Waals surface area (Å²) in [6.45, 7) is 7.71. The molecule has 1 aromatic rings. The number of benzene rings is 1. The van der Waals surface area contributed by atoms with Crippen LogP contribution in [0.1, 0.15) is 19.4 Å². The van der Waals surface area contributed by atoms with Crippen LogP contribution in [-0.2, 0) is 0 Å². The summed E-state index contributed by atoms with van der Waals surface area (Å²) in [5.41, 5.74) is 3.82. The summed E-state index contributed by atoms with van der Waals surface area (Å²) < 4.78 is 1.16. The van der Waals surface area contributed by atoms with Gasteiger partial charge in [-0.1, -0.05) is 13.8 Å². The third kappa shape index (κ3) is 1.93. The average molecular weight is 283 g/mol. The summed E-state index contributed by atoms with van der Waals surface area (Å²) >= 11 is 3.63. The Kier molecular flexibility index (Phi) is 3.15. The predicted octanol–water partition coefficient (Wildman–Crippen LogP) is 3.64. The largest absolute Gasteiger partial charge is 0.380 e.